The minimum atomic E-state index is 0. The van der Waals surface area contributed by atoms with E-state index in [1.807, 2.05) is 0 Å². The third-order valence-electron chi connectivity index (χ3n) is 0.957. The lowest BCUT2D eigenvalue weighted by molar-refractivity contribution is 0.399. The molecular formula is C5H15ClN2O. The molecule has 1 aliphatic rings. The van der Waals surface area contributed by atoms with Gasteiger partial charge in [0.2, 0.25) is 0 Å². The van der Waals surface area contributed by atoms with Crippen molar-refractivity contribution >= 4 is 12.4 Å². The monoisotopic (exact) mass is 154 g/mol. The van der Waals surface area contributed by atoms with Gasteiger partial charge in [0, 0.05) is 33.3 Å². The molecule has 0 unspecified atom stereocenters. The molecule has 0 aromatic heterocycles. The highest BCUT2D eigenvalue weighted by molar-refractivity contribution is 5.85. The summed E-state index contributed by atoms with van der Waals surface area (Å²) in [4.78, 5) is 0. The average molecular weight is 155 g/mol. The second kappa shape index (κ2) is 11.0. The van der Waals surface area contributed by atoms with Crippen molar-refractivity contribution in [3.05, 3.63) is 0 Å². The first kappa shape index (κ1) is 11.9. The molecule has 3 nitrogen and oxygen atoms in total. The van der Waals surface area contributed by atoms with Crippen LogP contribution < -0.4 is 10.6 Å². The predicted molar refractivity (Wildman–Crippen MR) is 41.1 cm³/mol. The molecule has 1 heterocycles. The molecule has 4 heteroatoms. The van der Waals surface area contributed by atoms with Crippen LogP contribution in [0.25, 0.3) is 0 Å². The van der Waals surface area contributed by atoms with Crippen LogP contribution in [-0.2, 0) is 0 Å². The van der Waals surface area contributed by atoms with E-state index in [1.165, 1.54) is 0 Å². The van der Waals surface area contributed by atoms with E-state index in [1.54, 1.807) is 0 Å². The van der Waals surface area contributed by atoms with Gasteiger partial charge in [0.05, 0.1) is 0 Å². The van der Waals surface area contributed by atoms with Crippen molar-refractivity contribution in [2.75, 3.05) is 33.3 Å². The topological polar surface area (TPSA) is 44.3 Å². The van der Waals surface area contributed by atoms with Crippen molar-refractivity contribution in [2.45, 2.75) is 0 Å². The van der Waals surface area contributed by atoms with Gasteiger partial charge in [-0.2, -0.15) is 0 Å². The maximum atomic E-state index is 7.00. The molecule has 0 radical (unpaired) electrons. The number of hydrogen-bond donors (Lipinski definition) is 3. The summed E-state index contributed by atoms with van der Waals surface area (Å²) >= 11 is 0. The second-order valence-electron chi connectivity index (χ2n) is 1.50. The Kier molecular flexibility index (Phi) is 14.6. The lowest BCUT2D eigenvalue weighted by Crippen LogP contribution is -2.39. The third-order valence-corrected chi connectivity index (χ3v) is 0.957. The van der Waals surface area contributed by atoms with E-state index in [0.29, 0.717) is 0 Å². The maximum absolute atomic E-state index is 7.00. The van der Waals surface area contributed by atoms with Crippen molar-refractivity contribution in [3.8, 4) is 0 Å². The van der Waals surface area contributed by atoms with Crippen molar-refractivity contribution in [2.24, 2.45) is 0 Å². The van der Waals surface area contributed by atoms with Crippen molar-refractivity contribution in [1.82, 2.24) is 10.6 Å². The van der Waals surface area contributed by atoms with Gasteiger partial charge in [-0.05, 0) is 0 Å². The molecule has 0 aromatic rings. The van der Waals surface area contributed by atoms with Crippen LogP contribution in [0.15, 0.2) is 0 Å². The largest absolute Gasteiger partial charge is 0.400 e. The molecule has 1 rings (SSSR count). The van der Waals surface area contributed by atoms with Gasteiger partial charge in [-0.3, -0.25) is 0 Å². The Balaban J connectivity index is 0. The summed E-state index contributed by atoms with van der Waals surface area (Å²) in [6, 6.07) is 0. The van der Waals surface area contributed by atoms with Gasteiger partial charge in [0.1, 0.15) is 0 Å². The molecule has 1 saturated heterocycles. The lowest BCUT2D eigenvalue weighted by Gasteiger charge is -2.11. The maximum Gasteiger partial charge on any atom is 0.0319 e. The fourth-order valence-corrected chi connectivity index (χ4v) is 0.604. The van der Waals surface area contributed by atoms with E-state index in [0.717, 1.165) is 33.3 Å². The quantitative estimate of drug-likeness (QED) is 0.429. The summed E-state index contributed by atoms with van der Waals surface area (Å²) in [6.45, 7) is 4.56. The average Bonchev–Trinajstić information content (AvgIpc) is 1.96. The first-order chi connectivity index (χ1) is 4.00. The molecular weight excluding hydrogens is 140 g/mol. The molecule has 1 fully saturated rings. The fourth-order valence-electron chi connectivity index (χ4n) is 0.604. The van der Waals surface area contributed by atoms with Gasteiger partial charge in [-0.15, -0.1) is 12.4 Å². The number of aliphatic hydroxyl groups excluding tert-OH is 1. The highest BCUT2D eigenvalue weighted by Gasteiger charge is 1.91. The van der Waals surface area contributed by atoms with Gasteiger partial charge in [0.15, 0.2) is 0 Å². The van der Waals surface area contributed by atoms with Gasteiger partial charge in [-0.25, -0.2) is 0 Å². The predicted octanol–water partition coefficient (Wildman–Crippen LogP) is -0.791. The van der Waals surface area contributed by atoms with Crippen LogP contribution in [0.5, 0.6) is 0 Å². The molecule has 58 valence electrons. The van der Waals surface area contributed by atoms with Crippen molar-refractivity contribution in [3.63, 3.8) is 0 Å². The zero-order chi connectivity index (χ0) is 6.24. The van der Waals surface area contributed by atoms with Crippen molar-refractivity contribution in [1.29, 1.82) is 0 Å². The first-order valence-electron chi connectivity index (χ1n) is 2.86. The van der Waals surface area contributed by atoms with E-state index >= 15 is 0 Å². The van der Waals surface area contributed by atoms with Crippen LogP contribution in [0.4, 0.5) is 0 Å². The van der Waals surface area contributed by atoms with Gasteiger partial charge < -0.3 is 15.7 Å². The van der Waals surface area contributed by atoms with E-state index < -0.39 is 0 Å². The van der Waals surface area contributed by atoms with E-state index in [4.69, 9.17) is 5.11 Å². The van der Waals surface area contributed by atoms with Crippen LogP contribution in [0.2, 0.25) is 0 Å². The number of piperazine rings is 1. The summed E-state index contributed by atoms with van der Waals surface area (Å²) in [5.74, 6) is 0. The highest BCUT2D eigenvalue weighted by Crippen LogP contribution is 1.65. The number of rotatable bonds is 0. The molecule has 0 spiro atoms. The number of aliphatic hydroxyl groups is 1. The summed E-state index contributed by atoms with van der Waals surface area (Å²) in [7, 11) is 1.00. The smallest absolute Gasteiger partial charge is 0.0319 e. The fraction of sp³-hybridized carbons (Fsp3) is 1.00. The summed E-state index contributed by atoms with van der Waals surface area (Å²) in [5, 5.41) is 13.4. The molecule has 0 saturated carbocycles. The van der Waals surface area contributed by atoms with Gasteiger partial charge in [0.25, 0.3) is 0 Å². The van der Waals surface area contributed by atoms with Gasteiger partial charge in [-0.1, -0.05) is 0 Å². The number of halogens is 1. The Hall–Kier alpha value is 0.170. The summed E-state index contributed by atoms with van der Waals surface area (Å²) in [6.07, 6.45) is 0. The Morgan fingerprint density at radius 1 is 0.889 bits per heavy atom. The van der Waals surface area contributed by atoms with Crippen LogP contribution >= 0.6 is 12.4 Å². The van der Waals surface area contributed by atoms with Crippen LogP contribution in [0.3, 0.4) is 0 Å². The number of hydrogen-bond acceptors (Lipinski definition) is 3. The SMILES string of the molecule is C1CNCCN1.CO.Cl. The Labute approximate surface area is 62.2 Å². The van der Waals surface area contributed by atoms with Crippen LogP contribution in [-0.4, -0.2) is 38.4 Å². The number of nitrogens with one attached hydrogen (secondary N) is 2. The normalized spacial score (nSPS) is 16.7. The Morgan fingerprint density at radius 3 is 1.22 bits per heavy atom. The molecule has 1 aliphatic heterocycles. The van der Waals surface area contributed by atoms with E-state index in [-0.39, 0.29) is 12.4 Å². The first-order valence-corrected chi connectivity index (χ1v) is 2.86. The highest BCUT2D eigenvalue weighted by atomic mass is 35.5. The van der Waals surface area contributed by atoms with E-state index in [9.17, 15) is 0 Å². The summed E-state index contributed by atoms with van der Waals surface area (Å²) in [5.41, 5.74) is 0. The standard InChI is InChI=1S/C4H10N2.CH4O.ClH/c1-2-6-4-3-5-1;1-2;/h5-6H,1-4H2;2H,1H3;1H. The lowest BCUT2D eigenvalue weighted by atomic mass is 10.4. The third kappa shape index (κ3) is 8.17. The minimum Gasteiger partial charge on any atom is -0.400 e. The van der Waals surface area contributed by atoms with Crippen LogP contribution in [0, 0.1) is 0 Å². The minimum absolute atomic E-state index is 0. The van der Waals surface area contributed by atoms with Crippen molar-refractivity contribution < 1.29 is 5.11 Å². The second-order valence-corrected chi connectivity index (χ2v) is 1.50. The molecule has 0 atom stereocenters. The molecule has 0 bridgehead atoms. The molecule has 0 amide bonds. The zero-order valence-corrected chi connectivity index (χ0v) is 6.50. The molecule has 0 aromatic carbocycles. The zero-order valence-electron chi connectivity index (χ0n) is 5.68. The summed E-state index contributed by atoms with van der Waals surface area (Å²) < 4.78 is 0. The van der Waals surface area contributed by atoms with E-state index in [2.05, 4.69) is 10.6 Å². The molecule has 3 N–H and O–H groups in total. The van der Waals surface area contributed by atoms with Crippen LogP contribution in [0.1, 0.15) is 0 Å². The molecule has 9 heavy (non-hydrogen) atoms. The Bertz CT molecular complexity index is 30.4. The molecule has 0 aliphatic carbocycles. The van der Waals surface area contributed by atoms with Gasteiger partial charge >= 0.3 is 0 Å². The Morgan fingerprint density at radius 2 is 1.11 bits per heavy atom.